The minimum Gasteiger partial charge on any atom is -0.396 e. The van der Waals surface area contributed by atoms with Crippen LogP contribution in [0.15, 0.2) is 55.8 Å². The molecule has 0 spiro atoms. The molecule has 1 aliphatic carbocycles. The van der Waals surface area contributed by atoms with Gasteiger partial charge in [0, 0.05) is 35.6 Å². The van der Waals surface area contributed by atoms with Crippen LogP contribution in [0, 0.1) is 18.6 Å². The summed E-state index contributed by atoms with van der Waals surface area (Å²) in [5.41, 5.74) is 9.25. The fourth-order valence-corrected chi connectivity index (χ4v) is 3.39. The number of hydrogen-bond acceptors (Lipinski definition) is 3. The van der Waals surface area contributed by atoms with Crippen LogP contribution < -0.4 is 16.0 Å². The van der Waals surface area contributed by atoms with E-state index in [1.165, 1.54) is 12.5 Å². The van der Waals surface area contributed by atoms with Gasteiger partial charge >= 0.3 is 0 Å². The van der Waals surface area contributed by atoms with Gasteiger partial charge < -0.3 is 16.0 Å². The van der Waals surface area contributed by atoms with E-state index in [9.17, 15) is 8.78 Å². The topological polar surface area (TPSA) is 41.3 Å². The van der Waals surface area contributed by atoms with Crippen molar-refractivity contribution >= 4 is 22.6 Å². The van der Waals surface area contributed by atoms with Gasteiger partial charge in [0.05, 0.1) is 11.4 Å². The molecule has 1 fully saturated rings. The van der Waals surface area contributed by atoms with E-state index >= 15 is 0 Å². The fourth-order valence-electron chi connectivity index (χ4n) is 3.39. The molecule has 1 saturated carbocycles. The van der Waals surface area contributed by atoms with Gasteiger partial charge in [-0.3, -0.25) is 0 Å². The maximum Gasteiger partial charge on any atom is 0.153 e. The normalized spacial score (nSPS) is 13.9. The third-order valence-electron chi connectivity index (χ3n) is 5.28. The van der Waals surface area contributed by atoms with Gasteiger partial charge in [0.15, 0.2) is 11.6 Å². The van der Waals surface area contributed by atoms with Gasteiger partial charge in [-0.15, -0.1) is 0 Å². The molecule has 32 heavy (non-hydrogen) atoms. The summed E-state index contributed by atoms with van der Waals surface area (Å²) in [5.74, 6) is -1.22. The number of nitrogens with one attached hydrogen (secondary N) is 1. The molecular weight excluding hydrogens is 404 g/mol. The van der Waals surface area contributed by atoms with E-state index in [1.807, 2.05) is 43.1 Å². The van der Waals surface area contributed by atoms with Crippen molar-refractivity contribution in [1.29, 1.82) is 0 Å². The molecule has 5 heteroatoms. The number of nitrogens with zero attached hydrogens (tertiary/aromatic N) is 1. The number of hydrogen-bond donors (Lipinski definition) is 2. The molecule has 0 aromatic heterocycles. The van der Waals surface area contributed by atoms with E-state index in [0.29, 0.717) is 22.9 Å². The highest BCUT2D eigenvalue weighted by Crippen LogP contribution is 2.45. The van der Waals surface area contributed by atoms with Crippen LogP contribution in [0.4, 0.5) is 20.2 Å². The lowest BCUT2D eigenvalue weighted by molar-refractivity contribution is 0.568. The van der Waals surface area contributed by atoms with Crippen molar-refractivity contribution in [1.82, 2.24) is 5.32 Å². The van der Waals surface area contributed by atoms with Crippen LogP contribution in [-0.4, -0.2) is 12.6 Å². The number of halogens is 2. The lowest BCUT2D eigenvalue weighted by atomic mass is 9.96. The Balaban J connectivity index is 0.000000227. The van der Waals surface area contributed by atoms with Crippen molar-refractivity contribution in [2.45, 2.75) is 53.0 Å². The van der Waals surface area contributed by atoms with Crippen molar-refractivity contribution in [2.75, 3.05) is 17.2 Å². The van der Waals surface area contributed by atoms with Gasteiger partial charge in [-0.1, -0.05) is 64.3 Å². The summed E-state index contributed by atoms with van der Waals surface area (Å²) in [4.78, 5) is 1.85. The minimum atomic E-state index is -0.682. The molecule has 0 unspecified atom stereocenters. The van der Waals surface area contributed by atoms with Crippen LogP contribution in [-0.2, 0) is 0 Å². The zero-order chi connectivity index (χ0) is 23.8. The third-order valence-corrected chi connectivity index (χ3v) is 5.28. The second-order valence-electron chi connectivity index (χ2n) is 7.64. The van der Waals surface area contributed by atoms with Crippen molar-refractivity contribution in [3.63, 3.8) is 0 Å². The van der Waals surface area contributed by atoms with Crippen molar-refractivity contribution in [2.24, 2.45) is 0 Å². The quantitative estimate of drug-likeness (QED) is 0.491. The Morgan fingerprint density at radius 3 is 2.34 bits per heavy atom. The number of benzene rings is 2. The van der Waals surface area contributed by atoms with Crippen molar-refractivity contribution in [3.05, 3.63) is 84.1 Å². The predicted octanol–water partition coefficient (Wildman–Crippen LogP) is 7.05. The molecular formula is C27H35F2N3. The second kappa shape index (κ2) is 11.5. The standard InChI is InChI=1S/C14H14F2N2.C11H15N.C2H6/c1-7-5-6-18(9-3-4-9)14-10(7)13(17)11(15)8(2)12(14)16;1-3-9-12-10(2)11-7-5-4-6-8-11;1-2/h5-6,9H,1,3-4,17H2,2H3;4-8,12H,2-3,9H2,1H3;1-2H3. The molecule has 0 radical (unpaired) electrons. The van der Waals surface area contributed by atoms with E-state index in [-0.39, 0.29) is 11.3 Å². The average Bonchev–Trinajstić information content (AvgIpc) is 3.67. The summed E-state index contributed by atoms with van der Waals surface area (Å²) >= 11 is 0. The third kappa shape index (κ3) is 5.58. The Hall–Kier alpha value is -3.08. The van der Waals surface area contributed by atoms with Crippen LogP contribution in [0.3, 0.4) is 0 Å². The Morgan fingerprint density at radius 2 is 1.78 bits per heavy atom. The molecule has 0 saturated heterocycles. The summed E-state index contributed by atoms with van der Waals surface area (Å²) in [6.45, 7) is 16.3. The molecule has 0 atom stereocenters. The van der Waals surface area contributed by atoms with Crippen LogP contribution in [0.5, 0.6) is 0 Å². The minimum absolute atomic E-state index is 0.0103. The first-order valence-corrected chi connectivity index (χ1v) is 11.3. The van der Waals surface area contributed by atoms with Gasteiger partial charge in [0.1, 0.15) is 0 Å². The lowest BCUT2D eigenvalue weighted by Gasteiger charge is -2.29. The van der Waals surface area contributed by atoms with Crippen molar-refractivity contribution < 1.29 is 8.78 Å². The first kappa shape index (κ1) is 25.2. The summed E-state index contributed by atoms with van der Waals surface area (Å²) in [6, 6.07) is 10.5. The largest absolute Gasteiger partial charge is 0.396 e. The molecule has 3 nitrogen and oxygen atoms in total. The van der Waals surface area contributed by atoms with Gasteiger partial charge in [-0.05, 0) is 43.4 Å². The molecule has 2 aromatic rings. The zero-order valence-corrected chi connectivity index (χ0v) is 19.6. The lowest BCUT2D eigenvalue weighted by Crippen LogP contribution is -2.25. The summed E-state index contributed by atoms with van der Waals surface area (Å²) in [7, 11) is 0. The number of nitrogen functional groups attached to an aromatic ring is 1. The first-order chi connectivity index (χ1) is 15.4. The highest BCUT2D eigenvalue weighted by molar-refractivity contribution is 5.92. The summed E-state index contributed by atoms with van der Waals surface area (Å²) in [5, 5.41) is 3.25. The molecule has 2 aromatic carbocycles. The van der Waals surface area contributed by atoms with Crippen LogP contribution >= 0.6 is 0 Å². The Morgan fingerprint density at radius 1 is 1.16 bits per heavy atom. The van der Waals surface area contributed by atoms with Gasteiger partial charge in [-0.25, -0.2) is 8.78 Å². The highest BCUT2D eigenvalue weighted by atomic mass is 19.1. The van der Waals surface area contributed by atoms with E-state index in [4.69, 9.17) is 5.73 Å². The average molecular weight is 440 g/mol. The fraction of sp³-hybridized carbons (Fsp3) is 0.333. The van der Waals surface area contributed by atoms with Gasteiger partial charge in [0.25, 0.3) is 0 Å². The van der Waals surface area contributed by atoms with E-state index < -0.39 is 11.6 Å². The molecule has 3 N–H and O–H groups in total. The zero-order valence-electron chi connectivity index (χ0n) is 19.6. The summed E-state index contributed by atoms with van der Waals surface area (Å²) < 4.78 is 28.2. The number of allylic oxidation sites excluding steroid dienone is 2. The van der Waals surface area contributed by atoms with Crippen LogP contribution in [0.1, 0.15) is 56.7 Å². The van der Waals surface area contributed by atoms with Crippen LogP contribution in [0.25, 0.3) is 11.3 Å². The van der Waals surface area contributed by atoms with Gasteiger partial charge in [0.2, 0.25) is 0 Å². The first-order valence-electron chi connectivity index (χ1n) is 11.3. The monoisotopic (exact) mass is 439 g/mol. The number of nitrogens with two attached hydrogens (primary N) is 1. The number of anilines is 2. The highest BCUT2D eigenvalue weighted by Gasteiger charge is 2.35. The molecule has 1 aliphatic heterocycles. The SMILES string of the molecule is C=C(NCCC)c1ccccc1.C=C1C=CN(C2CC2)c2c(F)c(C)c(F)c(N)c21.CC. The number of rotatable bonds is 5. The Labute approximate surface area is 191 Å². The molecule has 2 aliphatic rings. The van der Waals surface area contributed by atoms with E-state index in [0.717, 1.165) is 31.5 Å². The van der Waals surface area contributed by atoms with Crippen molar-refractivity contribution in [3.8, 4) is 0 Å². The Kier molecular flexibility index (Phi) is 9.06. The summed E-state index contributed by atoms with van der Waals surface area (Å²) in [6.07, 6.45) is 6.73. The molecule has 4 rings (SSSR count). The second-order valence-corrected chi connectivity index (χ2v) is 7.64. The maximum absolute atomic E-state index is 14.3. The van der Waals surface area contributed by atoms with E-state index in [2.05, 4.69) is 37.5 Å². The molecule has 172 valence electrons. The Bertz CT molecular complexity index is 976. The predicted molar refractivity (Wildman–Crippen MR) is 134 cm³/mol. The maximum atomic E-state index is 14.3. The van der Waals surface area contributed by atoms with Crippen LogP contribution in [0.2, 0.25) is 0 Å². The van der Waals surface area contributed by atoms with Gasteiger partial charge in [-0.2, -0.15) is 0 Å². The molecule has 0 bridgehead atoms. The molecule has 0 amide bonds. The molecule has 1 heterocycles. The van der Waals surface area contributed by atoms with E-state index in [1.54, 1.807) is 6.08 Å². The smallest absolute Gasteiger partial charge is 0.153 e. The number of fused-ring (bicyclic) bond motifs is 1.